The zero-order valence-corrected chi connectivity index (χ0v) is 47.3. The number of hydrogen-bond acceptors (Lipinski definition) is 3. The van der Waals surface area contributed by atoms with Crippen LogP contribution in [0.25, 0.3) is 65.7 Å². The summed E-state index contributed by atoms with van der Waals surface area (Å²) in [6, 6.07) is 100. The Labute approximate surface area is 482 Å². The first-order valence-corrected chi connectivity index (χ1v) is 28.9. The van der Waals surface area contributed by atoms with Gasteiger partial charge in [-0.2, -0.15) is 0 Å². The maximum Gasteiger partial charge on any atom is 0.252 e. The minimum absolute atomic E-state index is 0.103. The number of rotatable bonds is 8. The van der Waals surface area contributed by atoms with Gasteiger partial charge in [-0.15, -0.1) is 0 Å². The number of benzene rings is 13. The van der Waals surface area contributed by atoms with Gasteiger partial charge in [0.25, 0.3) is 6.71 Å². The van der Waals surface area contributed by atoms with Crippen LogP contribution < -0.4 is 31.1 Å². The van der Waals surface area contributed by atoms with Crippen molar-refractivity contribution in [2.45, 2.75) is 52.4 Å². The highest BCUT2D eigenvalue weighted by Crippen LogP contribution is 2.52. The SMILES string of the molecule is CC(C)(C)c1ccc2c(c1)B1c3ccc(N(c4ccccc4)c4ccccc4)cc3N(c3ccccc3-c3ccccc3)c3cc(-c4ccccc4)cc(c31)N2c1ccc(C(C)(C)C)cc1-c1cc2ccc3cccc4ccc(c1)c2c34. The molecule has 0 radical (unpaired) electrons. The van der Waals surface area contributed by atoms with Crippen LogP contribution in [-0.4, -0.2) is 6.71 Å². The van der Waals surface area contributed by atoms with E-state index in [1.807, 2.05) is 0 Å². The van der Waals surface area contributed by atoms with Crippen molar-refractivity contribution in [2.75, 3.05) is 14.7 Å². The molecule has 4 heteroatoms. The van der Waals surface area contributed by atoms with Gasteiger partial charge in [0.1, 0.15) is 0 Å². The summed E-state index contributed by atoms with van der Waals surface area (Å²) in [5.74, 6) is 0. The fourth-order valence-electron chi connectivity index (χ4n) is 13.4. The molecule has 0 saturated carbocycles. The molecule has 0 spiro atoms. The van der Waals surface area contributed by atoms with Crippen LogP contribution in [0, 0.1) is 0 Å². The van der Waals surface area contributed by atoms with Crippen LogP contribution in [0.2, 0.25) is 0 Å². The van der Waals surface area contributed by atoms with Gasteiger partial charge in [0, 0.05) is 50.9 Å². The van der Waals surface area contributed by atoms with Crippen LogP contribution >= 0.6 is 0 Å². The van der Waals surface area contributed by atoms with E-state index in [9.17, 15) is 0 Å². The Morgan fingerprint density at radius 3 is 1.40 bits per heavy atom. The van der Waals surface area contributed by atoms with Gasteiger partial charge in [-0.05, 0) is 178 Å². The molecule has 0 saturated heterocycles. The smallest absolute Gasteiger partial charge is 0.252 e. The van der Waals surface area contributed by atoms with Crippen molar-refractivity contribution in [1.29, 1.82) is 0 Å². The summed E-state index contributed by atoms with van der Waals surface area (Å²) in [7, 11) is 0. The lowest BCUT2D eigenvalue weighted by atomic mass is 9.33. The first-order valence-electron chi connectivity index (χ1n) is 28.9. The van der Waals surface area contributed by atoms with E-state index in [2.05, 4.69) is 323 Å². The van der Waals surface area contributed by atoms with E-state index in [1.54, 1.807) is 0 Å². The molecule has 2 aliphatic rings. The zero-order valence-electron chi connectivity index (χ0n) is 47.3. The summed E-state index contributed by atoms with van der Waals surface area (Å²) in [4.78, 5) is 7.65. The van der Waals surface area contributed by atoms with Crippen LogP contribution in [0.4, 0.5) is 51.2 Å². The van der Waals surface area contributed by atoms with Gasteiger partial charge >= 0.3 is 0 Å². The molecule has 2 aliphatic heterocycles. The lowest BCUT2D eigenvalue weighted by Crippen LogP contribution is -2.61. The van der Waals surface area contributed by atoms with Crippen molar-refractivity contribution < 1.29 is 0 Å². The van der Waals surface area contributed by atoms with Gasteiger partial charge in [0.15, 0.2) is 0 Å². The third kappa shape index (κ3) is 8.11. The molecule has 0 amide bonds. The van der Waals surface area contributed by atoms with Crippen LogP contribution in [0.15, 0.2) is 267 Å². The molecular weight excluding hydrogens is 990 g/mol. The summed E-state index contributed by atoms with van der Waals surface area (Å²) >= 11 is 0. The molecule has 13 aromatic carbocycles. The maximum absolute atomic E-state index is 2.64. The van der Waals surface area contributed by atoms with Gasteiger partial charge in [-0.1, -0.05) is 224 Å². The Morgan fingerprint density at radius 1 is 0.293 bits per heavy atom. The van der Waals surface area contributed by atoms with Crippen molar-refractivity contribution in [3.63, 3.8) is 0 Å². The van der Waals surface area contributed by atoms with Crippen LogP contribution in [0.1, 0.15) is 52.7 Å². The Kier molecular flexibility index (Phi) is 11.4. The van der Waals surface area contributed by atoms with Gasteiger partial charge < -0.3 is 14.7 Å². The van der Waals surface area contributed by atoms with E-state index in [0.29, 0.717) is 0 Å². The molecule has 0 aromatic heterocycles. The molecule has 0 N–H and O–H groups in total. The second kappa shape index (κ2) is 19.0. The van der Waals surface area contributed by atoms with E-state index in [0.717, 1.165) is 56.5 Å². The average Bonchev–Trinajstić information content (AvgIpc) is 3.67. The van der Waals surface area contributed by atoms with Gasteiger partial charge in [0.2, 0.25) is 0 Å². The molecule has 3 nitrogen and oxygen atoms in total. The van der Waals surface area contributed by atoms with Gasteiger partial charge in [-0.3, -0.25) is 0 Å². The largest absolute Gasteiger partial charge is 0.311 e. The summed E-state index contributed by atoms with van der Waals surface area (Å²) in [6.07, 6.45) is 0. The predicted octanol–water partition coefficient (Wildman–Crippen LogP) is 19.7. The molecule has 0 unspecified atom stereocenters. The van der Waals surface area contributed by atoms with Gasteiger partial charge in [-0.25, -0.2) is 0 Å². The number of hydrogen-bond donors (Lipinski definition) is 0. The second-order valence-electron chi connectivity index (χ2n) is 24.5. The Hall–Kier alpha value is -9.64. The van der Waals surface area contributed by atoms with Crippen LogP contribution in [0.5, 0.6) is 0 Å². The summed E-state index contributed by atoms with van der Waals surface area (Å²) in [5, 5.41) is 7.72. The fraction of sp³-hybridized carbons (Fsp3) is 0.103. The Morgan fingerprint density at radius 2 is 0.793 bits per heavy atom. The van der Waals surface area contributed by atoms with Crippen molar-refractivity contribution in [3.8, 4) is 33.4 Å². The molecule has 0 bridgehead atoms. The van der Waals surface area contributed by atoms with Crippen molar-refractivity contribution >= 4 is 107 Å². The summed E-state index contributed by atoms with van der Waals surface area (Å²) < 4.78 is 0. The fourth-order valence-corrected chi connectivity index (χ4v) is 13.4. The van der Waals surface area contributed by atoms with E-state index in [-0.39, 0.29) is 17.5 Å². The third-order valence-corrected chi connectivity index (χ3v) is 17.4. The molecule has 82 heavy (non-hydrogen) atoms. The molecule has 0 atom stereocenters. The van der Waals surface area contributed by atoms with Crippen LogP contribution in [-0.2, 0) is 10.8 Å². The molecule has 0 aliphatic carbocycles. The summed E-state index contributed by atoms with van der Waals surface area (Å²) in [5.41, 5.74) is 23.5. The van der Waals surface area contributed by atoms with Gasteiger partial charge in [0.05, 0.1) is 11.4 Å². The number of anilines is 9. The highest BCUT2D eigenvalue weighted by atomic mass is 15.2. The van der Waals surface area contributed by atoms with E-state index in [4.69, 9.17) is 0 Å². The molecule has 392 valence electrons. The topological polar surface area (TPSA) is 9.72 Å². The average molecular weight is 1050 g/mol. The number of para-hydroxylation sites is 3. The van der Waals surface area contributed by atoms with E-state index >= 15 is 0 Å². The summed E-state index contributed by atoms with van der Waals surface area (Å²) in [6.45, 7) is 13.9. The quantitative estimate of drug-likeness (QED) is 0.111. The number of nitrogens with zero attached hydrogens (tertiary/aromatic N) is 3. The molecular formula is C78H62BN3. The standard InChI is InChI=1S/C78H62BN3/c1-77(2,3)59-38-42-69(65(48-59)58-44-55-36-34-53-26-21-27-54-35-37-56(45-58)75(55)74(53)54)81-70-43-39-60(78(4,5)6)49-67(70)79-66-41-40-63(80(61-28-15-9-16-29-61)62-30-17-10-18-31-62)50-71(66)82(68-33-20-19-32-64(68)52-24-13-8-14-25-52)73-47-57(46-72(81)76(73)79)51-22-11-7-12-23-51/h7-50H,1-6H3. The van der Waals surface area contributed by atoms with Crippen molar-refractivity contribution in [3.05, 3.63) is 278 Å². The zero-order chi connectivity index (χ0) is 55.4. The highest BCUT2D eigenvalue weighted by Gasteiger charge is 2.45. The maximum atomic E-state index is 2.64. The lowest BCUT2D eigenvalue weighted by molar-refractivity contribution is 0.590. The first kappa shape index (κ1) is 49.4. The number of fused-ring (bicyclic) bond motifs is 4. The first-order chi connectivity index (χ1) is 39.9. The van der Waals surface area contributed by atoms with E-state index in [1.165, 1.54) is 87.9 Å². The molecule has 2 heterocycles. The minimum atomic E-state index is -0.121. The highest BCUT2D eigenvalue weighted by molar-refractivity contribution is 7.00. The monoisotopic (exact) mass is 1050 g/mol. The van der Waals surface area contributed by atoms with E-state index < -0.39 is 0 Å². The second-order valence-corrected chi connectivity index (χ2v) is 24.5. The lowest BCUT2D eigenvalue weighted by Gasteiger charge is -2.46. The third-order valence-electron chi connectivity index (χ3n) is 17.4. The minimum Gasteiger partial charge on any atom is -0.311 e. The predicted molar refractivity (Wildman–Crippen MR) is 353 cm³/mol. The Bertz CT molecular complexity index is 4490. The molecule has 13 aromatic rings. The van der Waals surface area contributed by atoms with Crippen molar-refractivity contribution in [1.82, 2.24) is 0 Å². The molecule has 0 fully saturated rings. The normalized spacial score (nSPS) is 12.9. The molecule has 15 rings (SSSR count). The Balaban J connectivity index is 1.06. The van der Waals surface area contributed by atoms with Crippen LogP contribution in [0.3, 0.4) is 0 Å². The van der Waals surface area contributed by atoms with Crippen molar-refractivity contribution in [2.24, 2.45) is 0 Å².